The predicted octanol–water partition coefficient (Wildman–Crippen LogP) is 0.574. The molecule has 1 aliphatic heterocycles. The van der Waals surface area contributed by atoms with Crippen molar-refractivity contribution in [2.75, 3.05) is 18.0 Å². The molecule has 6 heteroatoms. The predicted molar refractivity (Wildman–Crippen MR) is 53.0 cm³/mol. The average Bonchev–Trinajstić information content (AvgIpc) is 2.53. The summed E-state index contributed by atoms with van der Waals surface area (Å²) in [6.07, 6.45) is 2.32. The molecule has 0 N–H and O–H groups in total. The Labute approximate surface area is 85.2 Å². The van der Waals surface area contributed by atoms with Gasteiger partial charge in [0.25, 0.3) is 0 Å². The van der Waals surface area contributed by atoms with Crippen LogP contribution in [0.25, 0.3) is 0 Å². The second-order valence-corrected chi connectivity index (χ2v) is 4.56. The van der Waals surface area contributed by atoms with Crippen molar-refractivity contribution in [2.24, 2.45) is 7.05 Å². The second-order valence-electron chi connectivity index (χ2n) is 3.26. The first-order chi connectivity index (χ1) is 6.27. The number of piperidine rings is 1. The Morgan fingerprint density at radius 2 is 2.08 bits per heavy atom. The van der Waals surface area contributed by atoms with Crippen molar-refractivity contribution in [1.29, 1.82) is 0 Å². The number of aryl methyl sites for hydroxylation is 1. The lowest BCUT2D eigenvalue weighted by molar-refractivity contribution is 0.573. The lowest BCUT2D eigenvalue weighted by atomic mass is 10.1. The molecule has 0 amide bonds. The van der Waals surface area contributed by atoms with Crippen molar-refractivity contribution < 1.29 is 0 Å². The number of rotatable bonds is 1. The molecule has 1 aromatic heterocycles. The summed E-state index contributed by atoms with van der Waals surface area (Å²) in [5.41, 5.74) is 0. The van der Waals surface area contributed by atoms with E-state index in [9.17, 15) is 0 Å². The maximum Gasteiger partial charge on any atom is 0.245 e. The van der Waals surface area contributed by atoms with Gasteiger partial charge < -0.3 is 4.90 Å². The standard InChI is InChI=1S/C7H12BrN5/c1-12-7(9-10-11-12)13-4-2-6(8)3-5-13/h6H,2-5H2,1H3. The Kier molecular flexibility index (Phi) is 2.48. The fourth-order valence-electron chi connectivity index (χ4n) is 1.54. The first kappa shape index (κ1) is 8.93. The summed E-state index contributed by atoms with van der Waals surface area (Å²) in [4.78, 5) is 2.88. The summed E-state index contributed by atoms with van der Waals surface area (Å²) in [7, 11) is 1.87. The summed E-state index contributed by atoms with van der Waals surface area (Å²) >= 11 is 3.61. The highest BCUT2D eigenvalue weighted by molar-refractivity contribution is 9.09. The monoisotopic (exact) mass is 245 g/mol. The zero-order chi connectivity index (χ0) is 9.26. The molecule has 1 saturated heterocycles. The Morgan fingerprint density at radius 3 is 2.62 bits per heavy atom. The minimum Gasteiger partial charge on any atom is -0.340 e. The minimum absolute atomic E-state index is 0.657. The average molecular weight is 246 g/mol. The molecule has 72 valence electrons. The van der Waals surface area contributed by atoms with Crippen LogP contribution < -0.4 is 4.90 Å². The van der Waals surface area contributed by atoms with Crippen LogP contribution in [0.2, 0.25) is 0 Å². The quantitative estimate of drug-likeness (QED) is 0.680. The molecule has 13 heavy (non-hydrogen) atoms. The normalized spacial score (nSPS) is 19.4. The largest absolute Gasteiger partial charge is 0.340 e. The van der Waals surface area contributed by atoms with E-state index in [-0.39, 0.29) is 0 Å². The van der Waals surface area contributed by atoms with Crippen LogP contribution in [0.15, 0.2) is 0 Å². The van der Waals surface area contributed by atoms with Gasteiger partial charge in [-0.3, -0.25) is 0 Å². The molecule has 0 aromatic carbocycles. The van der Waals surface area contributed by atoms with Crippen LogP contribution in [0.4, 0.5) is 5.95 Å². The molecule has 2 rings (SSSR count). The van der Waals surface area contributed by atoms with Crippen molar-refractivity contribution in [2.45, 2.75) is 17.7 Å². The highest BCUT2D eigenvalue weighted by Gasteiger charge is 2.20. The van der Waals surface area contributed by atoms with Gasteiger partial charge in [-0.15, -0.1) is 0 Å². The van der Waals surface area contributed by atoms with Crippen molar-refractivity contribution >= 4 is 21.9 Å². The third-order valence-corrected chi connectivity index (χ3v) is 3.22. The maximum atomic E-state index is 3.98. The molecule has 1 aromatic rings. The fraction of sp³-hybridized carbons (Fsp3) is 0.857. The number of anilines is 1. The van der Waals surface area contributed by atoms with Crippen LogP contribution in [-0.2, 0) is 7.05 Å². The molecule has 5 nitrogen and oxygen atoms in total. The summed E-state index contributed by atoms with van der Waals surface area (Å²) in [6, 6.07) is 0. The van der Waals surface area contributed by atoms with Gasteiger partial charge in [0, 0.05) is 25.0 Å². The van der Waals surface area contributed by atoms with E-state index in [1.165, 1.54) is 0 Å². The van der Waals surface area contributed by atoms with Gasteiger partial charge in [-0.1, -0.05) is 21.0 Å². The van der Waals surface area contributed by atoms with E-state index in [0.717, 1.165) is 31.9 Å². The van der Waals surface area contributed by atoms with E-state index in [1.54, 1.807) is 4.68 Å². The lowest BCUT2D eigenvalue weighted by Crippen LogP contribution is -2.35. The molecule has 1 fully saturated rings. The molecular formula is C7H12BrN5. The van der Waals surface area contributed by atoms with Crippen molar-refractivity contribution in [3.05, 3.63) is 0 Å². The molecule has 1 aliphatic rings. The van der Waals surface area contributed by atoms with Gasteiger partial charge in [0.05, 0.1) is 0 Å². The van der Waals surface area contributed by atoms with Gasteiger partial charge in [-0.25, -0.2) is 4.68 Å². The first-order valence-electron chi connectivity index (χ1n) is 4.39. The number of alkyl halides is 1. The van der Waals surface area contributed by atoms with Gasteiger partial charge in [0.15, 0.2) is 0 Å². The van der Waals surface area contributed by atoms with Gasteiger partial charge >= 0.3 is 0 Å². The third kappa shape index (κ3) is 1.82. The Bertz CT molecular complexity index is 278. The fourth-order valence-corrected chi connectivity index (χ4v) is 1.95. The van der Waals surface area contributed by atoms with Gasteiger partial charge in [-0.05, 0) is 23.3 Å². The van der Waals surface area contributed by atoms with E-state index < -0.39 is 0 Å². The van der Waals surface area contributed by atoms with Crippen molar-refractivity contribution in [3.63, 3.8) is 0 Å². The molecule has 0 unspecified atom stereocenters. The summed E-state index contributed by atoms with van der Waals surface area (Å²) in [5.74, 6) is 0.874. The van der Waals surface area contributed by atoms with E-state index in [0.29, 0.717) is 4.83 Å². The third-order valence-electron chi connectivity index (χ3n) is 2.31. The lowest BCUT2D eigenvalue weighted by Gasteiger charge is -2.29. The second kappa shape index (κ2) is 3.61. The van der Waals surface area contributed by atoms with E-state index in [1.807, 2.05) is 7.05 Å². The highest BCUT2D eigenvalue weighted by atomic mass is 79.9. The van der Waals surface area contributed by atoms with Crippen LogP contribution in [0.5, 0.6) is 0 Å². The van der Waals surface area contributed by atoms with Crippen LogP contribution in [0.1, 0.15) is 12.8 Å². The number of halogens is 1. The Morgan fingerprint density at radius 1 is 1.38 bits per heavy atom. The van der Waals surface area contributed by atoms with Gasteiger partial charge in [0.1, 0.15) is 0 Å². The summed E-state index contributed by atoms with van der Waals surface area (Å²) in [6.45, 7) is 2.06. The van der Waals surface area contributed by atoms with Crippen molar-refractivity contribution in [3.8, 4) is 0 Å². The van der Waals surface area contributed by atoms with Crippen LogP contribution in [0.3, 0.4) is 0 Å². The minimum atomic E-state index is 0.657. The van der Waals surface area contributed by atoms with Gasteiger partial charge in [-0.2, -0.15) is 0 Å². The summed E-state index contributed by atoms with van der Waals surface area (Å²) in [5, 5.41) is 11.4. The zero-order valence-corrected chi connectivity index (χ0v) is 9.11. The number of nitrogens with zero attached hydrogens (tertiary/aromatic N) is 5. The Hall–Kier alpha value is -0.650. The molecule has 0 spiro atoms. The van der Waals surface area contributed by atoms with Crippen LogP contribution in [0, 0.1) is 0 Å². The Balaban J connectivity index is 2.06. The van der Waals surface area contributed by atoms with Crippen LogP contribution >= 0.6 is 15.9 Å². The molecule has 0 bridgehead atoms. The number of aromatic nitrogens is 4. The highest BCUT2D eigenvalue weighted by Crippen LogP contribution is 2.20. The van der Waals surface area contributed by atoms with E-state index >= 15 is 0 Å². The molecule has 0 aliphatic carbocycles. The number of hydrogen-bond acceptors (Lipinski definition) is 4. The first-order valence-corrected chi connectivity index (χ1v) is 5.30. The molecule has 0 saturated carbocycles. The molecular weight excluding hydrogens is 234 g/mol. The number of tetrazole rings is 1. The van der Waals surface area contributed by atoms with Crippen LogP contribution in [-0.4, -0.2) is 38.1 Å². The van der Waals surface area contributed by atoms with Crippen molar-refractivity contribution in [1.82, 2.24) is 20.2 Å². The SMILES string of the molecule is Cn1nnnc1N1CCC(Br)CC1. The smallest absolute Gasteiger partial charge is 0.245 e. The van der Waals surface area contributed by atoms with E-state index in [2.05, 4.69) is 36.4 Å². The zero-order valence-electron chi connectivity index (χ0n) is 7.52. The topological polar surface area (TPSA) is 46.8 Å². The molecule has 2 heterocycles. The summed E-state index contributed by atoms with van der Waals surface area (Å²) < 4.78 is 1.72. The van der Waals surface area contributed by atoms with Gasteiger partial charge in [0.2, 0.25) is 5.95 Å². The molecule has 0 radical (unpaired) electrons. The molecule has 0 atom stereocenters. The maximum absolute atomic E-state index is 3.98. The number of hydrogen-bond donors (Lipinski definition) is 0. The van der Waals surface area contributed by atoms with E-state index in [4.69, 9.17) is 0 Å².